The molecule has 0 spiro atoms. The van der Waals surface area contributed by atoms with Gasteiger partial charge in [0.1, 0.15) is 0 Å². The van der Waals surface area contributed by atoms with Crippen molar-refractivity contribution in [2.75, 3.05) is 39.6 Å². The van der Waals surface area contributed by atoms with Crippen LogP contribution in [0.15, 0.2) is 33.7 Å². The first-order valence-corrected chi connectivity index (χ1v) is 11.5. The highest BCUT2D eigenvalue weighted by Gasteiger charge is 2.42. The number of guanidine groups is 1. The average molecular weight is 574 g/mol. The largest absolute Gasteiger partial charge is 0.381 e. The maximum Gasteiger partial charge on any atom is 0.194 e. The van der Waals surface area contributed by atoms with Crippen LogP contribution in [0.3, 0.4) is 0 Å². The van der Waals surface area contributed by atoms with E-state index in [4.69, 9.17) is 4.74 Å². The number of nitrogens with zero attached hydrogens (tertiary/aromatic N) is 2. The van der Waals surface area contributed by atoms with Crippen LogP contribution in [0.2, 0.25) is 0 Å². The summed E-state index contributed by atoms with van der Waals surface area (Å²) in [5, 5.41) is 3.26. The second kappa shape index (κ2) is 11.0. The van der Waals surface area contributed by atoms with E-state index < -0.39 is 14.6 Å². The van der Waals surface area contributed by atoms with E-state index in [1.54, 1.807) is 0 Å². The first kappa shape index (κ1) is 24.6. The standard InChI is InChI=1S/C18H28BrN3O3S.HI/c1-4-20-17(22(2)13-15-7-5-6-8-16(15)19)21-14-18(26(3,23)24)9-11-25-12-10-18;/h5-8H,4,9-14H2,1-3H3,(H,20,21);1H. The van der Waals surface area contributed by atoms with Crippen molar-refractivity contribution in [3.05, 3.63) is 34.3 Å². The third kappa shape index (κ3) is 6.57. The molecule has 0 unspecified atom stereocenters. The summed E-state index contributed by atoms with van der Waals surface area (Å²) in [6.45, 7) is 4.56. The Kier molecular flexibility index (Phi) is 10.0. The van der Waals surface area contributed by atoms with Gasteiger partial charge in [0.2, 0.25) is 0 Å². The van der Waals surface area contributed by atoms with Crippen molar-refractivity contribution >= 4 is 55.7 Å². The Balaban J connectivity index is 0.00000364. The SMILES string of the molecule is CCNC(=NCC1(S(C)(=O)=O)CCOCC1)N(C)Cc1ccccc1Br.I. The van der Waals surface area contributed by atoms with Gasteiger partial charge in [0.05, 0.1) is 11.3 Å². The van der Waals surface area contributed by atoms with Crippen molar-refractivity contribution in [3.63, 3.8) is 0 Å². The molecule has 0 bridgehead atoms. The zero-order valence-electron chi connectivity index (χ0n) is 16.1. The number of rotatable bonds is 6. The molecule has 0 aromatic heterocycles. The number of hydrogen-bond donors (Lipinski definition) is 1. The van der Waals surface area contributed by atoms with E-state index >= 15 is 0 Å². The summed E-state index contributed by atoms with van der Waals surface area (Å²) >= 11 is 3.57. The van der Waals surface area contributed by atoms with Crippen molar-refractivity contribution in [1.29, 1.82) is 0 Å². The molecule has 0 radical (unpaired) electrons. The van der Waals surface area contributed by atoms with Crippen molar-refractivity contribution < 1.29 is 13.2 Å². The summed E-state index contributed by atoms with van der Waals surface area (Å²) in [7, 11) is -1.27. The van der Waals surface area contributed by atoms with Crippen LogP contribution in [0.4, 0.5) is 0 Å². The molecule has 1 fully saturated rings. The van der Waals surface area contributed by atoms with Crippen LogP contribution in [-0.2, 0) is 21.1 Å². The van der Waals surface area contributed by atoms with E-state index in [0.717, 1.165) is 10.0 Å². The lowest BCUT2D eigenvalue weighted by Gasteiger charge is -2.34. The van der Waals surface area contributed by atoms with E-state index in [9.17, 15) is 8.42 Å². The summed E-state index contributed by atoms with van der Waals surface area (Å²) in [6, 6.07) is 8.04. The van der Waals surface area contributed by atoms with Crippen molar-refractivity contribution in [2.24, 2.45) is 4.99 Å². The molecule has 2 rings (SSSR count). The molecule has 0 amide bonds. The van der Waals surface area contributed by atoms with Crippen molar-refractivity contribution in [1.82, 2.24) is 10.2 Å². The van der Waals surface area contributed by atoms with Gasteiger partial charge in [0.15, 0.2) is 15.8 Å². The highest BCUT2D eigenvalue weighted by molar-refractivity contribution is 14.0. The smallest absolute Gasteiger partial charge is 0.194 e. The predicted octanol–water partition coefficient (Wildman–Crippen LogP) is 3.06. The van der Waals surface area contributed by atoms with Crippen LogP contribution >= 0.6 is 39.9 Å². The normalized spacial score (nSPS) is 17.1. The molecule has 1 N–H and O–H groups in total. The Morgan fingerprint density at radius 2 is 1.96 bits per heavy atom. The molecule has 1 aromatic carbocycles. The molecule has 1 aliphatic heterocycles. The molecular weight excluding hydrogens is 545 g/mol. The lowest BCUT2D eigenvalue weighted by atomic mass is 9.99. The molecule has 9 heteroatoms. The molecule has 1 heterocycles. The number of nitrogens with one attached hydrogen (secondary N) is 1. The van der Waals surface area contributed by atoms with Crippen molar-refractivity contribution in [2.45, 2.75) is 31.1 Å². The fourth-order valence-electron chi connectivity index (χ4n) is 3.04. The predicted molar refractivity (Wildman–Crippen MR) is 125 cm³/mol. The van der Waals surface area contributed by atoms with Crippen LogP contribution in [-0.4, -0.2) is 63.6 Å². The van der Waals surface area contributed by atoms with Crippen LogP contribution in [0.25, 0.3) is 0 Å². The first-order chi connectivity index (χ1) is 12.3. The first-order valence-electron chi connectivity index (χ1n) is 8.79. The van der Waals surface area contributed by atoms with Gasteiger partial charge >= 0.3 is 0 Å². The maximum atomic E-state index is 12.4. The second-order valence-corrected chi connectivity index (χ2v) is 9.95. The summed E-state index contributed by atoms with van der Waals surface area (Å²) < 4.78 is 30.4. The minimum atomic E-state index is -3.23. The maximum absolute atomic E-state index is 12.4. The fraction of sp³-hybridized carbons (Fsp3) is 0.611. The molecule has 0 saturated carbocycles. The third-order valence-corrected chi connectivity index (χ3v) is 7.65. The van der Waals surface area contributed by atoms with Gasteiger partial charge in [0, 0.05) is 44.1 Å². The van der Waals surface area contributed by atoms with E-state index in [-0.39, 0.29) is 30.5 Å². The Labute approximate surface area is 188 Å². The highest BCUT2D eigenvalue weighted by Crippen LogP contribution is 2.29. The van der Waals surface area contributed by atoms with E-state index in [0.29, 0.717) is 45.1 Å². The van der Waals surface area contributed by atoms with Gasteiger partial charge in [-0.1, -0.05) is 34.1 Å². The Bertz CT molecular complexity index is 737. The van der Waals surface area contributed by atoms with Gasteiger partial charge in [-0.2, -0.15) is 0 Å². The summed E-state index contributed by atoms with van der Waals surface area (Å²) in [5.41, 5.74) is 1.14. The Morgan fingerprint density at radius 3 is 2.52 bits per heavy atom. The van der Waals surface area contributed by atoms with Gasteiger partial charge in [-0.3, -0.25) is 4.99 Å². The lowest BCUT2D eigenvalue weighted by Crippen LogP contribution is -2.47. The van der Waals surface area contributed by atoms with Gasteiger partial charge in [-0.15, -0.1) is 24.0 Å². The number of aliphatic imine (C=N–C) groups is 1. The molecule has 154 valence electrons. The van der Waals surface area contributed by atoms with E-state index in [1.165, 1.54) is 6.26 Å². The Hall–Kier alpha value is -0.390. The molecular formula is C18H29BrIN3O3S. The number of hydrogen-bond acceptors (Lipinski definition) is 4. The monoisotopic (exact) mass is 573 g/mol. The van der Waals surface area contributed by atoms with Crippen LogP contribution in [0, 0.1) is 0 Å². The zero-order chi connectivity index (χ0) is 19.2. The van der Waals surface area contributed by atoms with Gasteiger partial charge in [-0.25, -0.2) is 8.42 Å². The minimum Gasteiger partial charge on any atom is -0.381 e. The van der Waals surface area contributed by atoms with Crippen LogP contribution in [0.1, 0.15) is 25.3 Å². The fourth-order valence-corrected chi connectivity index (χ4v) is 4.65. The number of ether oxygens (including phenoxy) is 1. The topological polar surface area (TPSA) is 71.0 Å². The van der Waals surface area contributed by atoms with E-state index in [2.05, 4.69) is 32.3 Å². The number of halogens is 2. The molecule has 6 nitrogen and oxygen atoms in total. The quantitative estimate of drug-likeness (QED) is 0.322. The molecule has 27 heavy (non-hydrogen) atoms. The van der Waals surface area contributed by atoms with Crippen LogP contribution < -0.4 is 5.32 Å². The highest BCUT2D eigenvalue weighted by atomic mass is 127. The zero-order valence-corrected chi connectivity index (χ0v) is 20.8. The van der Waals surface area contributed by atoms with Gasteiger partial charge < -0.3 is 15.0 Å². The van der Waals surface area contributed by atoms with Crippen molar-refractivity contribution in [3.8, 4) is 0 Å². The number of benzene rings is 1. The average Bonchev–Trinajstić information content (AvgIpc) is 2.60. The molecule has 0 aliphatic carbocycles. The molecule has 0 atom stereocenters. The molecule has 1 aromatic rings. The van der Waals surface area contributed by atoms with Crippen LogP contribution in [0.5, 0.6) is 0 Å². The summed E-state index contributed by atoms with van der Waals surface area (Å²) in [6.07, 6.45) is 2.29. The molecule has 1 aliphatic rings. The summed E-state index contributed by atoms with van der Waals surface area (Å²) in [5.74, 6) is 0.706. The Morgan fingerprint density at radius 1 is 1.33 bits per heavy atom. The summed E-state index contributed by atoms with van der Waals surface area (Å²) in [4.78, 5) is 6.70. The third-order valence-electron chi connectivity index (χ3n) is 4.77. The van der Waals surface area contributed by atoms with Gasteiger partial charge in [0.25, 0.3) is 0 Å². The second-order valence-electron chi connectivity index (χ2n) is 6.69. The minimum absolute atomic E-state index is 0. The lowest BCUT2D eigenvalue weighted by molar-refractivity contribution is 0.0767. The van der Waals surface area contributed by atoms with E-state index in [1.807, 2.05) is 37.1 Å². The van der Waals surface area contributed by atoms with Gasteiger partial charge in [-0.05, 0) is 31.4 Å². The molecule has 1 saturated heterocycles. The number of sulfone groups is 1.